The van der Waals surface area contributed by atoms with E-state index in [0.29, 0.717) is 0 Å². The van der Waals surface area contributed by atoms with Crippen LogP contribution in [0.4, 0.5) is 0 Å². The molecule has 0 unspecified atom stereocenters. The molecule has 102 valence electrons. The molecule has 0 aliphatic carbocycles. The van der Waals surface area contributed by atoms with E-state index in [0.717, 1.165) is 43.4 Å². The molecule has 0 spiro atoms. The summed E-state index contributed by atoms with van der Waals surface area (Å²) in [5.41, 5.74) is 2.37. The van der Waals surface area contributed by atoms with E-state index in [1.165, 1.54) is 5.56 Å². The molecule has 2 aromatic rings. The van der Waals surface area contributed by atoms with Gasteiger partial charge in [0.05, 0.1) is 13.2 Å². The van der Waals surface area contributed by atoms with E-state index in [9.17, 15) is 0 Å². The maximum atomic E-state index is 5.81. The quantitative estimate of drug-likeness (QED) is 0.774. The van der Waals surface area contributed by atoms with Crippen molar-refractivity contribution in [3.8, 4) is 11.3 Å². The summed E-state index contributed by atoms with van der Waals surface area (Å²) < 4.78 is 11.1. The second-order valence-corrected chi connectivity index (χ2v) is 4.51. The lowest BCUT2D eigenvalue weighted by Gasteiger charge is -2.02. The zero-order chi connectivity index (χ0) is 13.5. The SMILES string of the molecule is CCOCCNCc1ccc(-c2ccc(C)cc2)o1. The predicted octanol–water partition coefficient (Wildman–Crippen LogP) is 3.38. The van der Waals surface area contributed by atoms with Crippen LogP contribution in [-0.4, -0.2) is 19.8 Å². The van der Waals surface area contributed by atoms with E-state index in [4.69, 9.17) is 9.15 Å². The van der Waals surface area contributed by atoms with E-state index < -0.39 is 0 Å². The molecule has 0 radical (unpaired) electrons. The average molecular weight is 259 g/mol. The molecule has 3 nitrogen and oxygen atoms in total. The second-order valence-electron chi connectivity index (χ2n) is 4.51. The Morgan fingerprint density at radius 1 is 1.11 bits per heavy atom. The Morgan fingerprint density at radius 2 is 1.89 bits per heavy atom. The molecular formula is C16H21NO2. The number of benzene rings is 1. The highest BCUT2D eigenvalue weighted by Crippen LogP contribution is 2.22. The summed E-state index contributed by atoms with van der Waals surface area (Å²) in [5.74, 6) is 1.87. The molecule has 0 saturated carbocycles. The predicted molar refractivity (Wildman–Crippen MR) is 77.1 cm³/mol. The van der Waals surface area contributed by atoms with Crippen molar-refractivity contribution in [3.63, 3.8) is 0 Å². The smallest absolute Gasteiger partial charge is 0.134 e. The van der Waals surface area contributed by atoms with E-state index in [-0.39, 0.29) is 0 Å². The van der Waals surface area contributed by atoms with Crippen LogP contribution in [0.15, 0.2) is 40.8 Å². The Labute approximate surface area is 114 Å². The van der Waals surface area contributed by atoms with Gasteiger partial charge in [-0.25, -0.2) is 0 Å². The Kier molecular flexibility index (Phi) is 5.19. The van der Waals surface area contributed by atoms with Gasteiger partial charge < -0.3 is 14.5 Å². The summed E-state index contributed by atoms with van der Waals surface area (Å²) in [5, 5.41) is 3.29. The lowest BCUT2D eigenvalue weighted by molar-refractivity contribution is 0.148. The summed E-state index contributed by atoms with van der Waals surface area (Å²) in [6.45, 7) is 7.16. The molecule has 0 aliphatic heterocycles. The third kappa shape index (κ3) is 4.23. The Bertz CT molecular complexity index is 488. The number of hydrogen-bond donors (Lipinski definition) is 1. The van der Waals surface area contributed by atoms with Gasteiger partial charge in [-0.1, -0.05) is 29.8 Å². The molecular weight excluding hydrogens is 238 g/mol. The number of furan rings is 1. The molecule has 0 aliphatic rings. The van der Waals surface area contributed by atoms with Gasteiger partial charge in [-0.2, -0.15) is 0 Å². The van der Waals surface area contributed by atoms with Crippen molar-refractivity contribution in [3.05, 3.63) is 47.7 Å². The molecule has 3 heteroatoms. The zero-order valence-electron chi connectivity index (χ0n) is 11.6. The highest BCUT2D eigenvalue weighted by Gasteiger charge is 2.04. The van der Waals surface area contributed by atoms with Crippen LogP contribution in [0.5, 0.6) is 0 Å². The van der Waals surface area contributed by atoms with Crippen molar-refractivity contribution in [1.29, 1.82) is 0 Å². The first-order valence-electron chi connectivity index (χ1n) is 6.74. The normalized spacial score (nSPS) is 10.8. The molecule has 19 heavy (non-hydrogen) atoms. The summed E-state index contributed by atoms with van der Waals surface area (Å²) in [6, 6.07) is 12.4. The Balaban J connectivity index is 1.86. The molecule has 0 amide bonds. The van der Waals surface area contributed by atoms with Crippen molar-refractivity contribution in [1.82, 2.24) is 5.32 Å². The summed E-state index contributed by atoms with van der Waals surface area (Å²) >= 11 is 0. The van der Waals surface area contributed by atoms with E-state index in [2.05, 4.69) is 36.5 Å². The molecule has 0 fully saturated rings. The van der Waals surface area contributed by atoms with Crippen LogP contribution < -0.4 is 5.32 Å². The summed E-state index contributed by atoms with van der Waals surface area (Å²) in [6.07, 6.45) is 0. The third-order valence-corrected chi connectivity index (χ3v) is 2.92. The molecule has 0 saturated heterocycles. The van der Waals surface area contributed by atoms with Gasteiger partial charge in [-0.05, 0) is 26.0 Å². The van der Waals surface area contributed by atoms with E-state index in [1.807, 2.05) is 19.1 Å². The first-order chi connectivity index (χ1) is 9.29. The Morgan fingerprint density at radius 3 is 2.63 bits per heavy atom. The highest BCUT2D eigenvalue weighted by molar-refractivity contribution is 5.57. The van der Waals surface area contributed by atoms with Gasteiger partial charge in [0.25, 0.3) is 0 Å². The minimum Gasteiger partial charge on any atom is -0.460 e. The lowest BCUT2D eigenvalue weighted by atomic mass is 10.1. The van der Waals surface area contributed by atoms with Crippen molar-refractivity contribution < 1.29 is 9.15 Å². The van der Waals surface area contributed by atoms with Gasteiger partial charge in [0.1, 0.15) is 11.5 Å². The number of ether oxygens (including phenoxy) is 1. The topological polar surface area (TPSA) is 34.4 Å². The largest absolute Gasteiger partial charge is 0.460 e. The van der Waals surface area contributed by atoms with Crippen molar-refractivity contribution >= 4 is 0 Å². The average Bonchev–Trinajstić information content (AvgIpc) is 2.88. The first-order valence-corrected chi connectivity index (χ1v) is 6.74. The fourth-order valence-electron chi connectivity index (χ4n) is 1.85. The first kappa shape index (κ1) is 13.8. The van der Waals surface area contributed by atoms with Crippen LogP contribution in [0.2, 0.25) is 0 Å². The molecule has 1 aromatic carbocycles. The lowest BCUT2D eigenvalue weighted by Crippen LogP contribution is -2.18. The molecule has 1 N–H and O–H groups in total. The van der Waals surface area contributed by atoms with E-state index in [1.54, 1.807) is 0 Å². The fourth-order valence-corrected chi connectivity index (χ4v) is 1.85. The van der Waals surface area contributed by atoms with Crippen LogP contribution in [-0.2, 0) is 11.3 Å². The maximum absolute atomic E-state index is 5.81. The number of rotatable bonds is 7. The molecule has 0 atom stereocenters. The van der Waals surface area contributed by atoms with Gasteiger partial charge in [0.15, 0.2) is 0 Å². The van der Waals surface area contributed by atoms with Crippen molar-refractivity contribution in [2.75, 3.05) is 19.8 Å². The molecule has 1 aromatic heterocycles. The monoisotopic (exact) mass is 259 g/mol. The molecule has 2 rings (SSSR count). The highest BCUT2D eigenvalue weighted by atomic mass is 16.5. The summed E-state index contributed by atoms with van der Waals surface area (Å²) in [7, 11) is 0. The standard InChI is InChI=1S/C16H21NO2/c1-3-18-11-10-17-12-15-8-9-16(19-15)14-6-4-13(2)5-7-14/h4-9,17H,3,10-12H2,1-2H3. The van der Waals surface area contributed by atoms with Crippen LogP contribution >= 0.6 is 0 Å². The van der Waals surface area contributed by atoms with Gasteiger partial charge in [0, 0.05) is 18.7 Å². The van der Waals surface area contributed by atoms with Crippen LogP contribution in [0.1, 0.15) is 18.2 Å². The van der Waals surface area contributed by atoms with Gasteiger partial charge >= 0.3 is 0 Å². The second kappa shape index (κ2) is 7.12. The number of hydrogen-bond acceptors (Lipinski definition) is 3. The Hall–Kier alpha value is -1.58. The summed E-state index contributed by atoms with van der Waals surface area (Å²) in [4.78, 5) is 0. The van der Waals surface area contributed by atoms with Gasteiger partial charge in [-0.15, -0.1) is 0 Å². The number of aryl methyl sites for hydroxylation is 1. The van der Waals surface area contributed by atoms with Gasteiger partial charge in [-0.3, -0.25) is 0 Å². The van der Waals surface area contributed by atoms with Crippen LogP contribution in [0.25, 0.3) is 11.3 Å². The number of nitrogens with one attached hydrogen (secondary N) is 1. The fraction of sp³-hybridized carbons (Fsp3) is 0.375. The van der Waals surface area contributed by atoms with Gasteiger partial charge in [0.2, 0.25) is 0 Å². The van der Waals surface area contributed by atoms with Crippen molar-refractivity contribution in [2.24, 2.45) is 0 Å². The van der Waals surface area contributed by atoms with Crippen molar-refractivity contribution in [2.45, 2.75) is 20.4 Å². The minimum atomic E-state index is 0.735. The minimum absolute atomic E-state index is 0.735. The maximum Gasteiger partial charge on any atom is 0.134 e. The van der Waals surface area contributed by atoms with Crippen LogP contribution in [0.3, 0.4) is 0 Å². The zero-order valence-corrected chi connectivity index (χ0v) is 11.6. The molecule has 0 bridgehead atoms. The van der Waals surface area contributed by atoms with E-state index >= 15 is 0 Å². The molecule has 1 heterocycles. The third-order valence-electron chi connectivity index (χ3n) is 2.92. The van der Waals surface area contributed by atoms with Crippen LogP contribution in [0, 0.1) is 6.92 Å².